The summed E-state index contributed by atoms with van der Waals surface area (Å²) in [6.45, 7) is 5.57. The lowest BCUT2D eigenvalue weighted by Gasteiger charge is -2.30. The molecule has 0 atom stereocenters. The molecule has 25 heavy (non-hydrogen) atoms. The molecule has 0 N–H and O–H groups in total. The molecule has 1 saturated heterocycles. The maximum Gasteiger partial charge on any atom is 0.252 e. The van der Waals surface area contributed by atoms with Crippen molar-refractivity contribution in [2.75, 3.05) is 19.7 Å². The van der Waals surface area contributed by atoms with E-state index in [1.165, 1.54) is 17.7 Å². The highest BCUT2D eigenvalue weighted by Crippen LogP contribution is 2.28. The molecular weight excluding hydrogens is 358 g/mol. The second-order valence-electron chi connectivity index (χ2n) is 6.23. The number of ether oxygens (including phenoxy) is 1. The second-order valence-corrected chi connectivity index (χ2v) is 9.56. The number of aryl methyl sites for hydroxylation is 2. The van der Waals surface area contributed by atoms with Crippen LogP contribution in [0.25, 0.3) is 0 Å². The quantitative estimate of drug-likeness (QED) is 0.769. The maximum absolute atomic E-state index is 12.7. The number of rotatable bonds is 6. The lowest BCUT2D eigenvalue weighted by Crippen LogP contribution is -2.39. The number of aromatic nitrogens is 2. The molecule has 2 aromatic heterocycles. The van der Waals surface area contributed by atoms with Crippen LogP contribution in [0, 0.1) is 12.8 Å². The Balaban J connectivity index is 1.54. The molecule has 0 bridgehead atoms. The van der Waals surface area contributed by atoms with Crippen molar-refractivity contribution in [3.05, 3.63) is 35.1 Å². The van der Waals surface area contributed by atoms with E-state index in [0.717, 1.165) is 29.8 Å². The van der Waals surface area contributed by atoms with E-state index >= 15 is 0 Å². The van der Waals surface area contributed by atoms with Gasteiger partial charge in [0.25, 0.3) is 10.0 Å². The van der Waals surface area contributed by atoms with Gasteiger partial charge in [-0.1, -0.05) is 6.92 Å². The molecule has 6 nitrogen and oxygen atoms in total. The zero-order valence-corrected chi connectivity index (χ0v) is 16.1. The summed E-state index contributed by atoms with van der Waals surface area (Å²) in [6, 6.07) is 5.44. The zero-order chi connectivity index (χ0) is 17.9. The second kappa shape index (κ2) is 7.80. The van der Waals surface area contributed by atoms with Crippen LogP contribution in [0.3, 0.4) is 0 Å². The third-order valence-corrected chi connectivity index (χ3v) is 7.99. The topological polar surface area (TPSA) is 72.4 Å². The van der Waals surface area contributed by atoms with Crippen LogP contribution in [0.1, 0.15) is 30.3 Å². The Morgan fingerprint density at radius 3 is 2.68 bits per heavy atom. The molecule has 3 rings (SSSR count). The molecule has 136 valence electrons. The largest absolute Gasteiger partial charge is 0.477 e. The van der Waals surface area contributed by atoms with Gasteiger partial charge in [0.2, 0.25) is 5.88 Å². The SMILES string of the molecule is CCc1ccc(S(=O)(=O)N2CCC(COc3cc(C)ncn3)CC2)s1. The monoisotopic (exact) mass is 381 g/mol. The Morgan fingerprint density at radius 1 is 1.28 bits per heavy atom. The van der Waals surface area contributed by atoms with Crippen molar-refractivity contribution in [2.24, 2.45) is 5.92 Å². The number of sulfonamides is 1. The first-order chi connectivity index (χ1) is 12.0. The molecule has 1 fully saturated rings. The molecule has 0 unspecified atom stereocenters. The molecule has 0 radical (unpaired) electrons. The van der Waals surface area contributed by atoms with Crippen LogP contribution in [0.5, 0.6) is 5.88 Å². The molecule has 0 aromatic carbocycles. The Hall–Kier alpha value is -1.51. The molecule has 8 heteroatoms. The molecule has 0 aliphatic carbocycles. The van der Waals surface area contributed by atoms with Crippen LogP contribution in [0.4, 0.5) is 0 Å². The van der Waals surface area contributed by atoms with Gasteiger partial charge in [-0.25, -0.2) is 18.4 Å². The minimum absolute atomic E-state index is 0.344. The standard InChI is InChI=1S/C17H23N3O3S2/c1-3-15-4-5-17(24-15)25(21,22)20-8-6-14(7-9-20)11-23-16-10-13(2)18-12-19-16/h4-5,10,12,14H,3,6-9,11H2,1-2H3. The van der Waals surface area contributed by atoms with Crippen molar-refractivity contribution in [3.63, 3.8) is 0 Å². The van der Waals surface area contributed by atoms with Gasteiger partial charge in [-0.05, 0) is 44.2 Å². The fraction of sp³-hybridized carbons (Fsp3) is 0.529. The molecule has 0 saturated carbocycles. The lowest BCUT2D eigenvalue weighted by atomic mass is 9.99. The first-order valence-electron chi connectivity index (χ1n) is 8.49. The van der Waals surface area contributed by atoms with E-state index in [-0.39, 0.29) is 0 Å². The minimum Gasteiger partial charge on any atom is -0.477 e. The Kier molecular flexibility index (Phi) is 5.71. The Bertz CT molecular complexity index is 812. The number of hydrogen-bond acceptors (Lipinski definition) is 6. The average Bonchev–Trinajstić information content (AvgIpc) is 3.10. The summed E-state index contributed by atoms with van der Waals surface area (Å²) in [4.78, 5) is 9.23. The minimum atomic E-state index is -3.36. The fourth-order valence-corrected chi connectivity index (χ4v) is 5.76. The van der Waals surface area contributed by atoms with Gasteiger partial charge in [0.05, 0.1) is 6.61 Å². The maximum atomic E-state index is 12.7. The van der Waals surface area contributed by atoms with Gasteiger partial charge in [0, 0.05) is 29.7 Å². The number of nitrogens with zero attached hydrogens (tertiary/aromatic N) is 3. The van der Waals surface area contributed by atoms with Crippen LogP contribution in [0.2, 0.25) is 0 Å². The summed E-state index contributed by atoms with van der Waals surface area (Å²) < 4.78 is 33.2. The highest BCUT2D eigenvalue weighted by Gasteiger charge is 2.30. The molecule has 1 aliphatic heterocycles. The molecule has 2 aromatic rings. The van der Waals surface area contributed by atoms with Crippen LogP contribution in [-0.4, -0.2) is 42.4 Å². The van der Waals surface area contributed by atoms with Crippen LogP contribution in [0.15, 0.2) is 28.7 Å². The molecule has 0 amide bonds. The van der Waals surface area contributed by atoms with Gasteiger partial charge in [-0.3, -0.25) is 0 Å². The summed E-state index contributed by atoms with van der Waals surface area (Å²) in [6.07, 6.45) is 3.96. The Labute approximate surface area is 152 Å². The third-order valence-electron chi connectivity index (χ3n) is 4.40. The van der Waals surface area contributed by atoms with E-state index < -0.39 is 10.0 Å². The van der Waals surface area contributed by atoms with Crippen molar-refractivity contribution in [3.8, 4) is 5.88 Å². The van der Waals surface area contributed by atoms with E-state index in [1.54, 1.807) is 10.4 Å². The summed E-state index contributed by atoms with van der Waals surface area (Å²) in [7, 11) is -3.36. The predicted octanol–water partition coefficient (Wildman–Crippen LogP) is 2.89. The first kappa shape index (κ1) is 18.3. The van der Waals surface area contributed by atoms with E-state index in [9.17, 15) is 8.42 Å². The number of piperidine rings is 1. The Morgan fingerprint density at radius 2 is 2.04 bits per heavy atom. The molecule has 0 spiro atoms. The third kappa shape index (κ3) is 4.37. The lowest BCUT2D eigenvalue weighted by molar-refractivity contribution is 0.181. The van der Waals surface area contributed by atoms with Crippen molar-refractivity contribution in [1.29, 1.82) is 0 Å². The van der Waals surface area contributed by atoms with Crippen molar-refractivity contribution < 1.29 is 13.2 Å². The van der Waals surface area contributed by atoms with E-state index in [0.29, 0.717) is 35.7 Å². The van der Waals surface area contributed by atoms with Crippen molar-refractivity contribution >= 4 is 21.4 Å². The van der Waals surface area contributed by atoms with Gasteiger partial charge in [-0.2, -0.15) is 4.31 Å². The summed E-state index contributed by atoms with van der Waals surface area (Å²) in [5.41, 5.74) is 0.869. The van der Waals surface area contributed by atoms with Gasteiger partial charge in [0.15, 0.2) is 0 Å². The normalized spacial score (nSPS) is 16.9. The average molecular weight is 382 g/mol. The van der Waals surface area contributed by atoms with E-state index in [4.69, 9.17) is 4.74 Å². The fourth-order valence-electron chi connectivity index (χ4n) is 2.84. The number of thiophene rings is 1. The van der Waals surface area contributed by atoms with Crippen LogP contribution < -0.4 is 4.74 Å². The molecule has 3 heterocycles. The summed E-state index contributed by atoms with van der Waals surface area (Å²) in [5, 5.41) is 0. The van der Waals surface area contributed by atoms with Gasteiger partial charge in [0.1, 0.15) is 10.5 Å². The van der Waals surface area contributed by atoms with Crippen LogP contribution >= 0.6 is 11.3 Å². The zero-order valence-electron chi connectivity index (χ0n) is 14.5. The predicted molar refractivity (Wildman–Crippen MR) is 97.4 cm³/mol. The smallest absolute Gasteiger partial charge is 0.252 e. The summed E-state index contributed by atoms with van der Waals surface area (Å²) >= 11 is 1.37. The van der Waals surface area contributed by atoms with Crippen LogP contribution in [-0.2, 0) is 16.4 Å². The highest BCUT2D eigenvalue weighted by molar-refractivity contribution is 7.91. The molecular formula is C17H23N3O3S2. The molecule has 1 aliphatic rings. The first-order valence-corrected chi connectivity index (χ1v) is 10.7. The van der Waals surface area contributed by atoms with Gasteiger partial charge in [-0.15, -0.1) is 11.3 Å². The summed E-state index contributed by atoms with van der Waals surface area (Å²) in [5.74, 6) is 0.921. The van der Waals surface area contributed by atoms with Gasteiger partial charge < -0.3 is 4.74 Å². The van der Waals surface area contributed by atoms with Crippen molar-refractivity contribution in [2.45, 2.75) is 37.3 Å². The van der Waals surface area contributed by atoms with Crippen molar-refractivity contribution in [1.82, 2.24) is 14.3 Å². The highest BCUT2D eigenvalue weighted by atomic mass is 32.2. The van der Waals surface area contributed by atoms with E-state index in [2.05, 4.69) is 9.97 Å². The van der Waals surface area contributed by atoms with E-state index in [1.807, 2.05) is 26.0 Å². The van der Waals surface area contributed by atoms with Gasteiger partial charge >= 0.3 is 0 Å². The number of hydrogen-bond donors (Lipinski definition) is 0.